The van der Waals surface area contributed by atoms with Crippen molar-refractivity contribution in [2.75, 3.05) is 19.6 Å². The maximum absolute atomic E-state index is 14.8. The van der Waals surface area contributed by atoms with Crippen LogP contribution in [-0.4, -0.2) is 67.2 Å². The second-order valence-electron chi connectivity index (χ2n) is 11.3. The molecule has 222 valence electrons. The van der Waals surface area contributed by atoms with Gasteiger partial charge in [0.25, 0.3) is 23.7 Å². The van der Waals surface area contributed by atoms with Gasteiger partial charge in [-0.1, -0.05) is 6.07 Å². The molecule has 4 amide bonds. The molecule has 1 N–H and O–H groups in total. The van der Waals surface area contributed by atoms with Crippen LogP contribution in [0.2, 0.25) is 0 Å². The molecule has 3 aromatic heterocycles. The van der Waals surface area contributed by atoms with Gasteiger partial charge >= 0.3 is 6.03 Å². The van der Waals surface area contributed by atoms with Gasteiger partial charge in [-0.2, -0.15) is 0 Å². The summed E-state index contributed by atoms with van der Waals surface area (Å²) in [6, 6.07) is 7.54. The molecule has 4 aromatic rings. The van der Waals surface area contributed by atoms with Crippen molar-refractivity contribution >= 4 is 45.5 Å². The summed E-state index contributed by atoms with van der Waals surface area (Å²) in [4.78, 5) is 47.0. The summed E-state index contributed by atoms with van der Waals surface area (Å²) in [6.45, 7) is 0.996. The predicted octanol–water partition coefficient (Wildman–Crippen LogP) is 4.63. The van der Waals surface area contributed by atoms with E-state index in [1.165, 1.54) is 28.1 Å². The van der Waals surface area contributed by atoms with Crippen molar-refractivity contribution in [2.24, 2.45) is 0 Å². The number of imidazole rings is 1. The first-order chi connectivity index (χ1) is 20.4. The van der Waals surface area contributed by atoms with Gasteiger partial charge in [0, 0.05) is 81.4 Å². The zero-order valence-electron chi connectivity index (χ0n) is 23.0. The van der Waals surface area contributed by atoms with Crippen LogP contribution < -0.4 is 5.32 Å². The van der Waals surface area contributed by atoms with Gasteiger partial charge in [0.05, 0.1) is 28.6 Å². The van der Waals surface area contributed by atoms with Crippen molar-refractivity contribution in [1.82, 2.24) is 29.1 Å². The third-order valence-corrected chi connectivity index (χ3v) is 8.44. The summed E-state index contributed by atoms with van der Waals surface area (Å²) in [5, 5.41) is 2.69. The average molecular weight is 595 g/mol. The van der Waals surface area contributed by atoms with Crippen molar-refractivity contribution in [3.05, 3.63) is 71.3 Å². The molecule has 3 aliphatic rings. The van der Waals surface area contributed by atoms with Crippen LogP contribution in [0.1, 0.15) is 42.1 Å². The van der Waals surface area contributed by atoms with E-state index in [0.717, 1.165) is 6.92 Å². The van der Waals surface area contributed by atoms with Crippen LogP contribution in [0.4, 0.5) is 22.4 Å². The molecule has 0 bridgehead atoms. The zero-order valence-corrected chi connectivity index (χ0v) is 23.0. The number of nitrogens with one attached hydrogen (secondary N) is 1. The fourth-order valence-electron chi connectivity index (χ4n) is 6.25. The lowest BCUT2D eigenvalue weighted by Crippen LogP contribution is -2.49. The smallest absolute Gasteiger partial charge is 0.320 e. The molecule has 0 saturated carbocycles. The number of hydrogen-bond acceptors (Lipinski definition) is 4. The molecule has 0 aliphatic carbocycles. The third-order valence-electron chi connectivity index (χ3n) is 8.44. The van der Waals surface area contributed by atoms with Crippen LogP contribution in [0.5, 0.6) is 0 Å². The molecule has 7 rings (SSSR count). The lowest BCUT2D eigenvalue weighted by molar-refractivity contribution is -0.122. The number of rotatable bonds is 3. The number of benzene rings is 1. The van der Waals surface area contributed by atoms with Crippen molar-refractivity contribution < 1.29 is 31.9 Å². The summed E-state index contributed by atoms with van der Waals surface area (Å²) in [5.74, 6) is -7.35. The number of fused-ring (bicyclic) bond motifs is 1. The van der Waals surface area contributed by atoms with Crippen molar-refractivity contribution in [2.45, 2.75) is 44.7 Å². The van der Waals surface area contributed by atoms with Crippen LogP contribution in [0.3, 0.4) is 0 Å². The Hall–Kier alpha value is -4.68. The lowest BCUT2D eigenvalue weighted by atomic mass is 9.95. The highest BCUT2D eigenvalue weighted by atomic mass is 19.3. The van der Waals surface area contributed by atoms with Gasteiger partial charge in [0.1, 0.15) is 5.65 Å². The topological polar surface area (TPSA) is 92.0 Å². The van der Waals surface area contributed by atoms with Gasteiger partial charge in [-0.05, 0) is 29.8 Å². The highest BCUT2D eigenvalue weighted by Gasteiger charge is 2.39. The first kappa shape index (κ1) is 27.2. The Morgan fingerprint density at radius 1 is 1.00 bits per heavy atom. The van der Waals surface area contributed by atoms with E-state index in [1.54, 1.807) is 39.6 Å². The summed E-state index contributed by atoms with van der Waals surface area (Å²) in [6.07, 6.45) is 3.99. The minimum atomic E-state index is -3.25. The molecule has 1 fully saturated rings. The van der Waals surface area contributed by atoms with E-state index < -0.39 is 42.5 Å². The molecule has 13 heteroatoms. The largest absolute Gasteiger partial charge is 0.345 e. The summed E-state index contributed by atoms with van der Waals surface area (Å²) in [5.41, 5.74) is 2.04. The Kier molecular flexibility index (Phi) is 5.95. The molecule has 0 unspecified atom stereocenters. The summed E-state index contributed by atoms with van der Waals surface area (Å²) >= 11 is 0. The van der Waals surface area contributed by atoms with E-state index in [1.807, 2.05) is 0 Å². The number of nitrogens with zero attached hydrogens (tertiary/aromatic N) is 5. The van der Waals surface area contributed by atoms with Gasteiger partial charge in [0.2, 0.25) is 0 Å². The molecule has 1 aromatic carbocycles. The minimum Gasteiger partial charge on any atom is -0.345 e. The standard InChI is InChI=1S/C30H26F4N6O3/c1-29(31,32)18-12-17-15-39(28(43)37-8-5-30(33,34)6-9-37)11-10-38-16-20(19(13-18)25(17)38)23-24(27(42)36-26(23)41)21-14-35-22-4-2-3-7-40(21)22/h2-4,7,12-14,16H,5-6,8-11,15H2,1H3,(H,36,41,42). The normalized spacial score (nSPS) is 19.0. The quantitative estimate of drug-likeness (QED) is 0.277. The molecule has 43 heavy (non-hydrogen) atoms. The maximum atomic E-state index is 14.8. The Morgan fingerprint density at radius 2 is 1.74 bits per heavy atom. The fourth-order valence-corrected chi connectivity index (χ4v) is 6.25. The molecule has 0 spiro atoms. The van der Waals surface area contributed by atoms with Crippen molar-refractivity contribution in [3.63, 3.8) is 0 Å². The number of carbonyl (C=O) groups is 3. The van der Waals surface area contributed by atoms with E-state index in [4.69, 9.17) is 0 Å². The molecule has 0 radical (unpaired) electrons. The first-order valence-corrected chi connectivity index (χ1v) is 13.9. The molecule has 3 aliphatic heterocycles. The Morgan fingerprint density at radius 3 is 2.49 bits per heavy atom. The van der Waals surface area contributed by atoms with Crippen LogP contribution in [0, 0.1) is 0 Å². The minimum absolute atomic E-state index is 0.0279. The lowest BCUT2D eigenvalue weighted by Gasteiger charge is -2.35. The van der Waals surface area contributed by atoms with Gasteiger partial charge in [-0.25, -0.2) is 27.3 Å². The second-order valence-corrected chi connectivity index (χ2v) is 11.3. The second kappa shape index (κ2) is 9.41. The van der Waals surface area contributed by atoms with Crippen LogP contribution in [-0.2, 0) is 28.6 Å². The van der Waals surface area contributed by atoms with Gasteiger partial charge in [0.15, 0.2) is 0 Å². The summed E-state index contributed by atoms with van der Waals surface area (Å²) < 4.78 is 60.6. The third kappa shape index (κ3) is 4.45. The molecule has 9 nitrogen and oxygen atoms in total. The number of pyridine rings is 1. The number of likely N-dealkylation sites (tertiary alicyclic amines) is 1. The van der Waals surface area contributed by atoms with E-state index >= 15 is 0 Å². The molecule has 6 heterocycles. The highest BCUT2D eigenvalue weighted by Crippen LogP contribution is 2.41. The molecule has 1 saturated heterocycles. The number of halogens is 4. The van der Waals surface area contributed by atoms with Gasteiger partial charge < -0.3 is 14.4 Å². The number of alkyl halides is 4. The molecular formula is C30H26F4N6O3. The number of hydrogen-bond donors (Lipinski definition) is 1. The van der Waals surface area contributed by atoms with Crippen LogP contribution >= 0.6 is 0 Å². The zero-order chi connectivity index (χ0) is 30.3. The predicted molar refractivity (Wildman–Crippen MR) is 148 cm³/mol. The first-order valence-electron chi connectivity index (χ1n) is 13.9. The van der Waals surface area contributed by atoms with Crippen LogP contribution in [0.25, 0.3) is 27.7 Å². The average Bonchev–Trinajstić information content (AvgIpc) is 3.58. The van der Waals surface area contributed by atoms with Gasteiger partial charge in [-0.15, -0.1) is 0 Å². The number of piperidine rings is 1. The van der Waals surface area contributed by atoms with Crippen molar-refractivity contribution in [1.29, 1.82) is 0 Å². The molecule has 0 atom stereocenters. The number of urea groups is 1. The highest BCUT2D eigenvalue weighted by molar-refractivity contribution is 6.49. The Balaban J connectivity index is 1.37. The van der Waals surface area contributed by atoms with Crippen LogP contribution in [0.15, 0.2) is 48.9 Å². The van der Waals surface area contributed by atoms with E-state index in [9.17, 15) is 31.9 Å². The molecular weight excluding hydrogens is 568 g/mol. The van der Waals surface area contributed by atoms with E-state index in [0.29, 0.717) is 33.4 Å². The SMILES string of the molecule is CC(F)(F)c1cc2c3c(c1)c(C1=C(c4cnc5ccccn45)C(=O)NC1=O)cn3CCN(C(=O)N1CCC(F)(F)CC1)C2. The monoisotopic (exact) mass is 594 g/mol. The Labute approximate surface area is 242 Å². The van der Waals surface area contributed by atoms with E-state index in [2.05, 4.69) is 10.3 Å². The Bertz CT molecular complexity index is 1880. The number of amides is 4. The number of aromatic nitrogens is 3. The fraction of sp³-hybridized carbons (Fsp3) is 0.333. The maximum Gasteiger partial charge on any atom is 0.320 e. The number of imide groups is 1. The van der Waals surface area contributed by atoms with E-state index in [-0.39, 0.29) is 49.4 Å². The summed E-state index contributed by atoms with van der Waals surface area (Å²) in [7, 11) is 0. The van der Waals surface area contributed by atoms with Crippen molar-refractivity contribution in [3.8, 4) is 0 Å². The number of carbonyl (C=O) groups excluding carboxylic acids is 3. The van der Waals surface area contributed by atoms with Gasteiger partial charge in [-0.3, -0.25) is 19.3 Å².